The van der Waals surface area contributed by atoms with Gasteiger partial charge in [0, 0.05) is 18.8 Å². The van der Waals surface area contributed by atoms with Gasteiger partial charge in [-0.1, -0.05) is 63.2 Å². The number of guanidine groups is 2. The van der Waals surface area contributed by atoms with Crippen molar-refractivity contribution in [2.75, 3.05) is 46.1 Å². The molecular formula is C59H86N12O26. The van der Waals surface area contributed by atoms with Crippen molar-refractivity contribution in [3.05, 3.63) is 65.7 Å². The summed E-state index contributed by atoms with van der Waals surface area (Å²) in [6.07, 6.45) is -31.9. The summed E-state index contributed by atoms with van der Waals surface area (Å²) in [6.45, 7) is -0.601. The molecule has 2 aromatic carbocycles. The predicted octanol–water partition coefficient (Wildman–Crippen LogP) is -12.0. The van der Waals surface area contributed by atoms with Crippen LogP contribution in [0.1, 0.15) is 44.2 Å². The van der Waals surface area contributed by atoms with E-state index in [0.717, 1.165) is 4.90 Å². The third-order valence-corrected chi connectivity index (χ3v) is 17.3. The molecule has 0 radical (unpaired) electrons. The largest absolute Gasteiger partial charge is 0.462 e. The molecule has 2 aromatic rings. The average Bonchev–Trinajstić information content (AvgIpc) is 1.76. The van der Waals surface area contributed by atoms with E-state index < -0.39 is 246 Å². The molecule has 38 heteroatoms. The molecule has 25 atom stereocenters. The third-order valence-electron chi connectivity index (χ3n) is 17.3. The predicted molar refractivity (Wildman–Crippen MR) is 326 cm³/mol. The number of aliphatic hydroxyl groups is 13. The van der Waals surface area contributed by atoms with Crippen LogP contribution in [0.2, 0.25) is 0 Å². The Morgan fingerprint density at radius 1 is 0.598 bits per heavy atom. The van der Waals surface area contributed by atoms with Gasteiger partial charge in [0.1, 0.15) is 115 Å². The molecule has 6 aliphatic heterocycles. The Morgan fingerprint density at radius 2 is 1.21 bits per heavy atom. The first-order chi connectivity index (χ1) is 46.1. The monoisotopic (exact) mass is 1380 g/mol. The molecule has 4 saturated heterocycles. The number of nitrogens with one attached hydrogen (secondary N) is 7. The highest BCUT2D eigenvalue weighted by Gasteiger charge is 2.55. The van der Waals surface area contributed by atoms with Crippen molar-refractivity contribution in [1.29, 1.82) is 0 Å². The number of aliphatic imine (C=N–C) groups is 2. The molecule has 0 aromatic heterocycles. The fraction of sp³-hybridized carbons (Fsp3) is 0.644. The quantitative estimate of drug-likeness (QED) is 0.0547. The van der Waals surface area contributed by atoms with Gasteiger partial charge in [-0.2, -0.15) is 0 Å². The van der Waals surface area contributed by atoms with Crippen LogP contribution in [-0.2, 0) is 63.7 Å². The van der Waals surface area contributed by atoms with Crippen LogP contribution >= 0.6 is 0 Å². The summed E-state index contributed by atoms with van der Waals surface area (Å²) in [7, 11) is 0. The SMILES string of the molecule is CC(C)CC(=O)O[C@@H]1[C@H](O)[C@@H](O[C@H]2[C@H](O)[C@H](O)[C@@H](Oc3ccc(C[C@H]4NC(=O)[C@H]([C@@H](C)c5ccccc5)NC(=O)CNC(=O)[C@H](CO)NC(=O)[C@@H]([C@@H](O)[C@@H]5CN=C(N)N5[C@H]5O[C@H](CO)[C@@H](O)[C@H](O)[C@@H]5O)NC(=O)[C@@H]([C@@H](O)[C@@H]5CN=C(N)N5)NC4=O)cc3)O[C@@H]2CO)O[C@H](CO)[C@H]1O. The lowest BCUT2D eigenvalue weighted by Crippen LogP contribution is -2.70. The zero-order chi connectivity index (χ0) is 70.9. The smallest absolute Gasteiger partial charge is 0.306 e. The first kappa shape index (κ1) is 75.2. The molecule has 38 nitrogen and oxygen atoms in total. The van der Waals surface area contributed by atoms with E-state index in [4.69, 9.17) is 39.9 Å². The van der Waals surface area contributed by atoms with Crippen LogP contribution in [0, 0.1) is 5.92 Å². The van der Waals surface area contributed by atoms with Crippen LogP contribution in [0.4, 0.5) is 0 Å². The molecule has 0 bridgehead atoms. The fourth-order valence-electron chi connectivity index (χ4n) is 11.9. The first-order valence-electron chi connectivity index (χ1n) is 31.2. The van der Waals surface area contributed by atoms with Crippen molar-refractivity contribution in [3.63, 3.8) is 0 Å². The van der Waals surface area contributed by atoms with Gasteiger partial charge in [-0.15, -0.1) is 0 Å². The average molecular weight is 1380 g/mol. The summed E-state index contributed by atoms with van der Waals surface area (Å²) >= 11 is 0. The van der Waals surface area contributed by atoms with E-state index in [-0.39, 0.29) is 36.2 Å². The highest BCUT2D eigenvalue weighted by atomic mass is 16.7. The highest BCUT2D eigenvalue weighted by Crippen LogP contribution is 2.33. The van der Waals surface area contributed by atoms with Gasteiger partial charge in [0.25, 0.3) is 0 Å². The molecule has 0 saturated carbocycles. The molecule has 97 heavy (non-hydrogen) atoms. The number of carbonyl (C=O) groups excluding carboxylic acids is 7. The third kappa shape index (κ3) is 17.6. The van der Waals surface area contributed by atoms with Crippen LogP contribution in [0.3, 0.4) is 0 Å². The molecule has 0 spiro atoms. The van der Waals surface area contributed by atoms with Crippen molar-refractivity contribution in [3.8, 4) is 5.75 Å². The van der Waals surface area contributed by atoms with Gasteiger partial charge in [0.05, 0.1) is 58.1 Å². The maximum absolute atomic E-state index is 15.2. The minimum atomic E-state index is -2.35. The van der Waals surface area contributed by atoms with Crippen LogP contribution in [-0.4, -0.2) is 317 Å². The van der Waals surface area contributed by atoms with Crippen molar-refractivity contribution in [2.45, 2.75) is 186 Å². The molecule has 24 N–H and O–H groups in total. The second-order valence-corrected chi connectivity index (χ2v) is 24.6. The lowest BCUT2D eigenvalue weighted by atomic mass is 9.92. The van der Waals surface area contributed by atoms with Crippen molar-refractivity contribution < 1.29 is 128 Å². The lowest BCUT2D eigenvalue weighted by molar-refractivity contribution is -0.353. The number of benzene rings is 2. The lowest BCUT2D eigenvalue weighted by Gasteiger charge is -2.46. The van der Waals surface area contributed by atoms with Gasteiger partial charge in [-0.05, 0) is 29.2 Å². The summed E-state index contributed by atoms with van der Waals surface area (Å²) in [5, 5.41) is 160. The number of aliphatic hydroxyl groups excluding tert-OH is 13. The van der Waals surface area contributed by atoms with E-state index >= 15 is 9.59 Å². The molecule has 0 aliphatic carbocycles. The van der Waals surface area contributed by atoms with Crippen molar-refractivity contribution >= 4 is 53.3 Å². The molecule has 0 unspecified atom stereocenters. The van der Waals surface area contributed by atoms with E-state index in [1.165, 1.54) is 24.3 Å². The number of carbonyl (C=O) groups is 7. The standard InChI is InChI=1S/C59H86N12O26/c1-22(2)13-35(77)96-49-42(81)32(20-74)94-57(47(49)86)97-48-33(21-75)95-56(46(85)44(48)83)92-26-11-9-24(10-12-26)14-27-51(88)69-37(39(78)28-15-63-58(60)67-28)54(91)70-38(40(79)30-16-64-59(61)71(30)55-45(84)43(82)41(80)31(19-73)93-55)53(90)66-29(18-72)50(87)62-17-34(76)68-36(52(89)65-27)23(3)25-7-5-4-6-8-25/h4-12,22-23,27-33,36-49,55-57,72-75,78-86H,13-21H2,1-3H3,(H2,61,64)(H,62,87)(H,65,89)(H,66,90)(H,68,76)(H,69,88)(H,70,91)(H3,60,63,67)/t23-,27+,28-,29-,30-,31+,32+,33+,36-,37+,38+,39-,40-,41+,42+,43-,44+,45-,46-,47-,48+,49-,55-,56-,57+/m0/s1. The number of hydrogen-bond donors (Lipinski definition) is 22. The first-order valence-corrected chi connectivity index (χ1v) is 31.2. The van der Waals surface area contributed by atoms with Gasteiger partial charge in [0.2, 0.25) is 41.7 Å². The number of nitrogens with two attached hydrogens (primary N) is 2. The minimum Gasteiger partial charge on any atom is -0.462 e. The Morgan fingerprint density at radius 3 is 1.84 bits per heavy atom. The van der Waals surface area contributed by atoms with Gasteiger partial charge in [-0.3, -0.25) is 43.5 Å². The summed E-state index contributed by atoms with van der Waals surface area (Å²) in [5.74, 6) is -10.0. The van der Waals surface area contributed by atoms with Crippen LogP contribution in [0.15, 0.2) is 64.6 Å². The second kappa shape index (κ2) is 33.3. The van der Waals surface area contributed by atoms with E-state index in [1.807, 2.05) is 0 Å². The number of amides is 6. The molecule has 4 fully saturated rings. The number of rotatable bonds is 20. The Labute approximate surface area is 553 Å². The van der Waals surface area contributed by atoms with E-state index in [2.05, 4.69) is 47.2 Å². The molecule has 6 amide bonds. The molecule has 6 heterocycles. The van der Waals surface area contributed by atoms with Crippen molar-refractivity contribution in [1.82, 2.24) is 42.1 Å². The van der Waals surface area contributed by atoms with Crippen molar-refractivity contribution in [2.24, 2.45) is 27.4 Å². The second-order valence-electron chi connectivity index (χ2n) is 24.6. The summed E-state index contributed by atoms with van der Waals surface area (Å²) in [6, 6.07) is 0.737. The Bertz CT molecular complexity index is 3100. The number of nitrogens with zero attached hydrogens (tertiary/aromatic N) is 3. The molecule has 538 valence electrons. The highest BCUT2D eigenvalue weighted by molar-refractivity contribution is 5.98. The maximum Gasteiger partial charge on any atom is 0.306 e. The summed E-state index contributed by atoms with van der Waals surface area (Å²) < 4.78 is 34.1. The maximum atomic E-state index is 15.2. The Hall–Kier alpha value is -7.61. The van der Waals surface area contributed by atoms with Gasteiger partial charge < -0.3 is 148 Å². The normalized spacial score (nSPS) is 35.9. The number of ether oxygens (including phenoxy) is 6. The fourth-order valence-corrected chi connectivity index (χ4v) is 11.9. The number of hydrogen-bond acceptors (Lipinski definition) is 32. The van der Waals surface area contributed by atoms with Crippen LogP contribution in [0.25, 0.3) is 0 Å². The van der Waals surface area contributed by atoms with Crippen LogP contribution in [0.5, 0.6) is 5.75 Å². The summed E-state index contributed by atoms with van der Waals surface area (Å²) in [5.41, 5.74) is 12.8. The van der Waals surface area contributed by atoms with Gasteiger partial charge in [-0.25, -0.2) is 0 Å². The van der Waals surface area contributed by atoms with Gasteiger partial charge in [0.15, 0.2) is 30.5 Å². The Balaban J connectivity index is 1.09. The molecule has 6 aliphatic rings. The van der Waals surface area contributed by atoms with E-state index in [1.54, 1.807) is 51.1 Å². The topological polar surface area (TPSA) is 602 Å². The zero-order valence-corrected chi connectivity index (χ0v) is 52.7. The molecule has 8 rings (SSSR count). The zero-order valence-electron chi connectivity index (χ0n) is 52.7. The minimum absolute atomic E-state index is 0.0858. The summed E-state index contributed by atoms with van der Waals surface area (Å²) in [4.78, 5) is 109. The van der Waals surface area contributed by atoms with E-state index in [0.29, 0.717) is 5.56 Å². The van der Waals surface area contributed by atoms with E-state index in [9.17, 15) is 90.4 Å². The van der Waals surface area contributed by atoms with Crippen LogP contribution < -0.4 is 53.4 Å². The Kier molecular flexibility index (Phi) is 25.8. The van der Waals surface area contributed by atoms with Gasteiger partial charge >= 0.3 is 5.97 Å². The molecular weight excluding hydrogens is 1290 g/mol. The number of esters is 1.